The number of hydrogen-bond acceptors (Lipinski definition) is 1. The molecule has 0 bridgehead atoms. The molecule has 9 aromatic carbocycles. The average Bonchev–Trinajstić information content (AvgIpc) is 3.64. The number of halogens is 6. The molecule has 7 heteroatoms. The van der Waals surface area contributed by atoms with Gasteiger partial charge in [-0.05, 0) is 137 Å². The molecular weight excluding hydrogens is 779 g/mol. The summed E-state index contributed by atoms with van der Waals surface area (Å²) in [5.74, 6) is 0.901. The minimum absolute atomic E-state index is 0.680. The van der Waals surface area contributed by atoms with Gasteiger partial charge in [0.05, 0.1) is 11.1 Å². The third-order valence-electron chi connectivity index (χ3n) is 12.2. The molecule has 0 atom stereocenters. The van der Waals surface area contributed by atoms with Crippen molar-refractivity contribution in [3.63, 3.8) is 0 Å². The largest absolute Gasteiger partial charge is 0.460 e. The molecule has 1 heterocycles. The molecule has 1 aliphatic carbocycles. The van der Waals surface area contributed by atoms with Crippen LogP contribution in [0, 0.1) is 0 Å². The Morgan fingerprint density at radius 3 is 1.11 bits per heavy atom. The highest BCUT2D eigenvalue weighted by Gasteiger charge is 2.32. The van der Waals surface area contributed by atoms with Crippen molar-refractivity contribution < 1.29 is 30.8 Å². The average molecular weight is 811 g/mol. The number of hydrogen-bond donors (Lipinski definition) is 0. The number of aryl methyl sites for hydroxylation is 1. The van der Waals surface area contributed by atoms with Gasteiger partial charge in [-0.1, -0.05) is 127 Å². The molecule has 61 heavy (non-hydrogen) atoms. The molecule has 0 saturated heterocycles. The van der Waals surface area contributed by atoms with Crippen LogP contribution in [-0.2, 0) is 18.8 Å². The molecule has 10 aromatic rings. The number of alkyl halides is 6. The van der Waals surface area contributed by atoms with E-state index in [1.54, 1.807) is 24.3 Å². The van der Waals surface area contributed by atoms with E-state index in [0.29, 0.717) is 12.0 Å². The second kappa shape index (κ2) is 13.7. The molecule has 1 aliphatic rings. The maximum Gasteiger partial charge on any atom is 0.416 e. The first-order valence-corrected chi connectivity index (χ1v) is 20.0. The highest BCUT2D eigenvalue weighted by molar-refractivity contribution is 6.23. The Hall–Kier alpha value is -7.12. The molecule has 0 fully saturated rings. The molecule has 0 saturated carbocycles. The van der Waals surface area contributed by atoms with Gasteiger partial charge in [-0.25, -0.2) is 0 Å². The Kier molecular flexibility index (Phi) is 8.30. The quantitative estimate of drug-likeness (QED) is 0.127. The first kappa shape index (κ1) is 36.9. The number of allylic oxidation sites excluding steroid dienone is 1. The molecule has 0 unspecified atom stereocenters. The number of fused-ring (bicyclic) bond motifs is 7. The van der Waals surface area contributed by atoms with Gasteiger partial charge < -0.3 is 4.42 Å². The van der Waals surface area contributed by atoms with Gasteiger partial charge in [0, 0.05) is 17.4 Å². The van der Waals surface area contributed by atoms with E-state index in [4.69, 9.17) is 4.42 Å². The maximum absolute atomic E-state index is 13.5. The summed E-state index contributed by atoms with van der Waals surface area (Å²) in [6, 6.07) is 49.4. The summed E-state index contributed by atoms with van der Waals surface area (Å²) in [4.78, 5) is 0. The summed E-state index contributed by atoms with van der Waals surface area (Å²) in [5, 5.41) is 8.80. The van der Waals surface area contributed by atoms with Crippen LogP contribution in [0.25, 0.3) is 99.1 Å². The fourth-order valence-electron chi connectivity index (χ4n) is 9.55. The van der Waals surface area contributed by atoms with Gasteiger partial charge in [0.25, 0.3) is 0 Å². The molecule has 0 N–H and O–H groups in total. The minimum Gasteiger partial charge on any atom is -0.460 e. The highest BCUT2D eigenvalue weighted by Crippen LogP contribution is 2.48. The van der Waals surface area contributed by atoms with E-state index in [1.807, 2.05) is 72.8 Å². The van der Waals surface area contributed by atoms with E-state index in [9.17, 15) is 26.3 Å². The predicted molar refractivity (Wildman–Crippen MR) is 235 cm³/mol. The van der Waals surface area contributed by atoms with E-state index >= 15 is 0 Å². The Morgan fingerprint density at radius 2 is 0.721 bits per heavy atom. The van der Waals surface area contributed by atoms with Gasteiger partial charge in [-0.15, -0.1) is 0 Å². The van der Waals surface area contributed by atoms with Gasteiger partial charge in [-0.3, -0.25) is 0 Å². The number of rotatable bonds is 4. The van der Waals surface area contributed by atoms with Crippen LogP contribution in [0.2, 0.25) is 0 Å². The minimum atomic E-state index is -4.43. The lowest BCUT2D eigenvalue weighted by molar-refractivity contribution is -0.138. The van der Waals surface area contributed by atoms with Crippen molar-refractivity contribution >= 4 is 65.7 Å². The van der Waals surface area contributed by atoms with Crippen molar-refractivity contribution in [3.05, 3.63) is 192 Å². The monoisotopic (exact) mass is 810 g/mol. The molecule has 0 spiro atoms. The summed E-state index contributed by atoms with van der Waals surface area (Å²) in [6.07, 6.45) is -5.20. The molecule has 0 amide bonds. The zero-order chi connectivity index (χ0) is 41.6. The van der Waals surface area contributed by atoms with E-state index in [2.05, 4.69) is 48.5 Å². The second-order valence-electron chi connectivity index (χ2n) is 15.7. The van der Waals surface area contributed by atoms with Gasteiger partial charge in [-0.2, -0.15) is 26.3 Å². The maximum atomic E-state index is 13.5. The summed E-state index contributed by atoms with van der Waals surface area (Å²) < 4.78 is 87.9. The zero-order valence-corrected chi connectivity index (χ0v) is 32.3. The number of furan rings is 1. The summed E-state index contributed by atoms with van der Waals surface area (Å²) in [7, 11) is 0. The van der Waals surface area contributed by atoms with Crippen molar-refractivity contribution in [1.29, 1.82) is 0 Å². The standard InChI is InChI=1S/C54H32F6O/c55-53(56,57)35-23-17-31(18-24-35)49-38-9-1-5-13-42(38)51(43-14-6-2-10-39(43)49)33-22-28-47-46(29-33)37-27-21-34(30-48(37)61-47)52-44-15-7-3-11-40(44)50(41-12-4-8-16-45(41)52)32-19-25-36(26-20-32)54(58,59)60/h1-21,23-27,29-30H,22,28H2. The smallest absolute Gasteiger partial charge is 0.416 e. The SMILES string of the molecule is FC(F)(F)c1ccc(-c2c3ccccc3c(C3=Cc4c(oc5cc(-c6c7ccccc7c(-c7ccc(C(F)(F)F)cc7)c7ccccc67)ccc45)CC3)c3ccccc23)cc1. The van der Waals surface area contributed by atoms with Gasteiger partial charge in [0.1, 0.15) is 11.3 Å². The lowest BCUT2D eigenvalue weighted by atomic mass is 9.82. The Morgan fingerprint density at radius 1 is 0.361 bits per heavy atom. The van der Waals surface area contributed by atoms with Gasteiger partial charge in [0.15, 0.2) is 0 Å². The zero-order valence-electron chi connectivity index (χ0n) is 32.3. The van der Waals surface area contributed by atoms with Crippen LogP contribution in [0.3, 0.4) is 0 Å². The third kappa shape index (κ3) is 6.01. The van der Waals surface area contributed by atoms with Crippen molar-refractivity contribution in [3.8, 4) is 33.4 Å². The molecule has 1 aromatic heterocycles. The van der Waals surface area contributed by atoms with Crippen LogP contribution in [-0.4, -0.2) is 0 Å². The Bertz CT molecular complexity index is 3310. The van der Waals surface area contributed by atoms with Crippen molar-refractivity contribution in [2.75, 3.05) is 0 Å². The normalized spacial score (nSPS) is 13.4. The lowest BCUT2D eigenvalue weighted by Crippen LogP contribution is -2.04. The van der Waals surface area contributed by atoms with Crippen molar-refractivity contribution in [2.24, 2.45) is 0 Å². The summed E-state index contributed by atoms with van der Waals surface area (Å²) >= 11 is 0. The van der Waals surface area contributed by atoms with Crippen LogP contribution >= 0.6 is 0 Å². The number of benzene rings is 9. The summed E-state index contributed by atoms with van der Waals surface area (Å²) in [5.41, 5.74) is 7.85. The van der Waals surface area contributed by atoms with Crippen LogP contribution in [0.5, 0.6) is 0 Å². The van der Waals surface area contributed by atoms with Crippen LogP contribution in [0.1, 0.15) is 34.4 Å². The third-order valence-corrected chi connectivity index (χ3v) is 12.2. The molecular formula is C54H32F6O. The van der Waals surface area contributed by atoms with Crippen molar-refractivity contribution in [1.82, 2.24) is 0 Å². The Balaban J connectivity index is 1.05. The molecule has 1 nitrogen and oxygen atoms in total. The van der Waals surface area contributed by atoms with Gasteiger partial charge in [0.2, 0.25) is 0 Å². The van der Waals surface area contributed by atoms with Crippen LogP contribution < -0.4 is 0 Å². The molecule has 0 radical (unpaired) electrons. The van der Waals surface area contributed by atoms with E-state index in [-0.39, 0.29) is 0 Å². The van der Waals surface area contributed by atoms with Crippen LogP contribution in [0.4, 0.5) is 26.3 Å². The first-order chi connectivity index (χ1) is 29.5. The predicted octanol–water partition coefficient (Wildman–Crippen LogP) is 16.6. The molecule has 296 valence electrons. The van der Waals surface area contributed by atoms with E-state index < -0.39 is 23.5 Å². The van der Waals surface area contributed by atoms with Crippen molar-refractivity contribution in [2.45, 2.75) is 25.2 Å². The molecule has 11 rings (SSSR count). The summed E-state index contributed by atoms with van der Waals surface area (Å²) in [6.45, 7) is 0. The lowest BCUT2D eigenvalue weighted by Gasteiger charge is -2.21. The van der Waals surface area contributed by atoms with Gasteiger partial charge >= 0.3 is 12.4 Å². The topological polar surface area (TPSA) is 13.1 Å². The fourth-order valence-corrected chi connectivity index (χ4v) is 9.55. The van der Waals surface area contributed by atoms with Crippen LogP contribution in [0.15, 0.2) is 168 Å². The fraction of sp³-hybridized carbons (Fsp3) is 0.0741. The molecule has 0 aliphatic heterocycles. The van der Waals surface area contributed by atoms with E-state index in [0.717, 1.165) is 135 Å². The second-order valence-corrected chi connectivity index (χ2v) is 15.7. The van der Waals surface area contributed by atoms with E-state index in [1.165, 1.54) is 0 Å². The Labute approximate surface area is 345 Å². The first-order valence-electron chi connectivity index (χ1n) is 20.0. The highest BCUT2D eigenvalue weighted by atomic mass is 19.4.